The number of rotatable bonds is 5. The number of amides is 1. The lowest BCUT2D eigenvalue weighted by Crippen LogP contribution is -2.40. The van der Waals surface area contributed by atoms with Crippen LogP contribution in [0.15, 0.2) is 27.5 Å². The van der Waals surface area contributed by atoms with E-state index in [2.05, 4.69) is 31.7 Å². The molecule has 0 saturated carbocycles. The standard InChI is InChI=1S/C18H23BrN4O2/c1-11(2)17-15-8-12(19)5-6-14(15)18(25)23(22-17)10-16(24)21-9-13-4-3-7-20-13/h5-6,8,11,13,20H,3-4,7,9-10H2,1-2H3,(H,21,24). The van der Waals surface area contributed by atoms with Crippen molar-refractivity contribution in [2.45, 2.75) is 45.2 Å². The predicted octanol–water partition coefficient (Wildman–Crippen LogP) is 2.15. The first kappa shape index (κ1) is 18.1. The summed E-state index contributed by atoms with van der Waals surface area (Å²) in [6.07, 6.45) is 2.21. The molecule has 1 unspecified atom stereocenters. The van der Waals surface area contributed by atoms with E-state index < -0.39 is 0 Å². The number of carbonyl (C=O) groups excluding carboxylic acids is 1. The Bertz CT molecular complexity index is 841. The molecule has 1 fully saturated rings. The maximum atomic E-state index is 12.7. The maximum absolute atomic E-state index is 12.7. The van der Waals surface area contributed by atoms with Gasteiger partial charge in [-0.25, -0.2) is 4.68 Å². The van der Waals surface area contributed by atoms with Gasteiger partial charge >= 0.3 is 0 Å². The third-order valence-corrected chi connectivity index (χ3v) is 4.99. The Morgan fingerprint density at radius 1 is 1.44 bits per heavy atom. The van der Waals surface area contributed by atoms with Crippen LogP contribution in [0.25, 0.3) is 10.8 Å². The minimum absolute atomic E-state index is 0.0583. The summed E-state index contributed by atoms with van der Waals surface area (Å²) in [7, 11) is 0. The predicted molar refractivity (Wildman–Crippen MR) is 102 cm³/mol. The molecule has 0 spiro atoms. The molecule has 2 heterocycles. The summed E-state index contributed by atoms with van der Waals surface area (Å²) in [6.45, 7) is 5.59. The first-order valence-electron chi connectivity index (χ1n) is 8.66. The second-order valence-corrected chi connectivity index (χ2v) is 7.71. The van der Waals surface area contributed by atoms with Crippen molar-refractivity contribution in [1.29, 1.82) is 0 Å². The van der Waals surface area contributed by atoms with Crippen LogP contribution in [0.3, 0.4) is 0 Å². The summed E-state index contributed by atoms with van der Waals surface area (Å²) in [5.74, 6) is -0.0381. The lowest BCUT2D eigenvalue weighted by atomic mass is 10.0. The third-order valence-electron chi connectivity index (χ3n) is 4.50. The van der Waals surface area contributed by atoms with Crippen LogP contribution in [0.1, 0.15) is 38.3 Å². The van der Waals surface area contributed by atoms with Crippen LogP contribution in [-0.2, 0) is 11.3 Å². The van der Waals surface area contributed by atoms with Gasteiger partial charge in [-0.05, 0) is 43.5 Å². The van der Waals surface area contributed by atoms with Gasteiger partial charge in [0.05, 0.1) is 11.1 Å². The molecule has 1 aliphatic heterocycles. The van der Waals surface area contributed by atoms with Gasteiger partial charge in [-0.1, -0.05) is 29.8 Å². The lowest BCUT2D eigenvalue weighted by molar-refractivity contribution is -0.122. The molecule has 2 aromatic rings. The molecule has 1 saturated heterocycles. The van der Waals surface area contributed by atoms with Crippen LogP contribution < -0.4 is 16.2 Å². The van der Waals surface area contributed by atoms with E-state index in [4.69, 9.17) is 0 Å². The van der Waals surface area contributed by atoms with Crippen molar-refractivity contribution >= 4 is 32.6 Å². The van der Waals surface area contributed by atoms with Crippen molar-refractivity contribution in [3.05, 3.63) is 38.7 Å². The van der Waals surface area contributed by atoms with Gasteiger partial charge in [0.1, 0.15) is 6.54 Å². The van der Waals surface area contributed by atoms with Gasteiger partial charge in [-0.15, -0.1) is 0 Å². The first-order valence-corrected chi connectivity index (χ1v) is 9.45. The summed E-state index contributed by atoms with van der Waals surface area (Å²) >= 11 is 3.45. The van der Waals surface area contributed by atoms with E-state index in [9.17, 15) is 9.59 Å². The summed E-state index contributed by atoms with van der Waals surface area (Å²) < 4.78 is 2.19. The highest BCUT2D eigenvalue weighted by Crippen LogP contribution is 2.24. The fourth-order valence-corrected chi connectivity index (χ4v) is 3.54. The molecule has 134 valence electrons. The largest absolute Gasteiger partial charge is 0.353 e. The second-order valence-electron chi connectivity index (χ2n) is 6.79. The number of halogens is 1. The van der Waals surface area contributed by atoms with Gasteiger partial charge in [0.2, 0.25) is 5.91 Å². The lowest BCUT2D eigenvalue weighted by Gasteiger charge is -2.15. The quantitative estimate of drug-likeness (QED) is 0.797. The van der Waals surface area contributed by atoms with Crippen molar-refractivity contribution in [2.24, 2.45) is 0 Å². The molecule has 3 rings (SSSR count). The highest BCUT2D eigenvalue weighted by Gasteiger charge is 2.17. The zero-order valence-corrected chi connectivity index (χ0v) is 16.1. The van der Waals surface area contributed by atoms with Crippen LogP contribution in [-0.4, -0.2) is 34.8 Å². The molecule has 25 heavy (non-hydrogen) atoms. The SMILES string of the molecule is CC(C)c1nn(CC(=O)NCC2CCCN2)c(=O)c2ccc(Br)cc12. The average Bonchev–Trinajstić information content (AvgIpc) is 3.08. The minimum atomic E-state index is -0.235. The minimum Gasteiger partial charge on any atom is -0.353 e. The Balaban J connectivity index is 1.85. The molecule has 1 amide bonds. The summed E-state index contributed by atoms with van der Waals surface area (Å²) in [5, 5.41) is 12.1. The van der Waals surface area contributed by atoms with Gasteiger partial charge in [-0.3, -0.25) is 9.59 Å². The van der Waals surface area contributed by atoms with E-state index >= 15 is 0 Å². The molecule has 7 heteroatoms. The van der Waals surface area contributed by atoms with Crippen LogP contribution in [0.4, 0.5) is 0 Å². The van der Waals surface area contributed by atoms with Gasteiger partial charge in [0.25, 0.3) is 5.56 Å². The van der Waals surface area contributed by atoms with Crippen LogP contribution >= 0.6 is 15.9 Å². The average molecular weight is 407 g/mol. The molecular formula is C18H23BrN4O2. The Morgan fingerprint density at radius 2 is 2.24 bits per heavy atom. The normalized spacial score (nSPS) is 17.4. The maximum Gasteiger partial charge on any atom is 0.275 e. The number of nitrogens with zero attached hydrogens (tertiary/aromatic N) is 2. The van der Waals surface area contributed by atoms with E-state index in [-0.39, 0.29) is 23.9 Å². The van der Waals surface area contributed by atoms with E-state index in [0.717, 1.165) is 34.9 Å². The second kappa shape index (κ2) is 7.66. The van der Waals surface area contributed by atoms with Gasteiger partial charge in [0, 0.05) is 22.4 Å². The highest BCUT2D eigenvalue weighted by atomic mass is 79.9. The van der Waals surface area contributed by atoms with Gasteiger partial charge in [-0.2, -0.15) is 5.10 Å². The topological polar surface area (TPSA) is 76.0 Å². The van der Waals surface area contributed by atoms with Crippen molar-refractivity contribution in [2.75, 3.05) is 13.1 Å². The zero-order valence-electron chi connectivity index (χ0n) is 14.5. The van der Waals surface area contributed by atoms with Crippen molar-refractivity contribution in [3.63, 3.8) is 0 Å². The molecule has 1 aromatic carbocycles. The van der Waals surface area contributed by atoms with Crippen molar-refractivity contribution in [3.8, 4) is 0 Å². The monoisotopic (exact) mass is 406 g/mol. The van der Waals surface area contributed by atoms with Gasteiger partial charge in [0.15, 0.2) is 0 Å². The fraction of sp³-hybridized carbons (Fsp3) is 0.500. The third kappa shape index (κ3) is 4.10. The first-order chi connectivity index (χ1) is 12.0. The molecule has 0 radical (unpaired) electrons. The van der Waals surface area contributed by atoms with Crippen LogP contribution in [0, 0.1) is 0 Å². The molecule has 1 atom stereocenters. The molecule has 0 aliphatic carbocycles. The number of hydrogen-bond donors (Lipinski definition) is 2. The molecule has 6 nitrogen and oxygen atoms in total. The zero-order chi connectivity index (χ0) is 18.0. The summed E-state index contributed by atoms with van der Waals surface area (Å²) in [4.78, 5) is 24.9. The molecule has 1 aliphatic rings. The summed E-state index contributed by atoms with van der Waals surface area (Å²) in [6, 6.07) is 5.86. The number of aromatic nitrogens is 2. The smallest absolute Gasteiger partial charge is 0.275 e. The number of nitrogens with one attached hydrogen (secondary N) is 2. The van der Waals surface area contributed by atoms with Crippen molar-refractivity contribution < 1.29 is 4.79 Å². The Hall–Kier alpha value is -1.73. The van der Waals surface area contributed by atoms with Crippen LogP contribution in [0.5, 0.6) is 0 Å². The molecule has 1 aromatic heterocycles. The summed E-state index contributed by atoms with van der Waals surface area (Å²) in [5.41, 5.74) is 0.585. The number of benzene rings is 1. The van der Waals surface area contributed by atoms with Crippen molar-refractivity contribution in [1.82, 2.24) is 20.4 Å². The molecule has 2 N–H and O–H groups in total. The van der Waals surface area contributed by atoms with E-state index in [1.165, 1.54) is 4.68 Å². The molecular weight excluding hydrogens is 384 g/mol. The highest BCUT2D eigenvalue weighted by molar-refractivity contribution is 9.10. The van der Waals surface area contributed by atoms with Crippen LogP contribution in [0.2, 0.25) is 0 Å². The van der Waals surface area contributed by atoms with Gasteiger partial charge < -0.3 is 10.6 Å². The number of carbonyl (C=O) groups is 1. The number of hydrogen-bond acceptors (Lipinski definition) is 4. The Morgan fingerprint density at radius 3 is 2.92 bits per heavy atom. The van der Waals surface area contributed by atoms with E-state index in [1.807, 2.05) is 26.0 Å². The Kier molecular flexibility index (Phi) is 5.54. The van der Waals surface area contributed by atoms with E-state index in [0.29, 0.717) is 18.0 Å². The van der Waals surface area contributed by atoms with E-state index in [1.54, 1.807) is 6.07 Å². The molecule has 0 bridgehead atoms. The number of fused-ring (bicyclic) bond motifs is 1. The Labute approximate surface area is 155 Å². The fourth-order valence-electron chi connectivity index (χ4n) is 3.18.